The van der Waals surface area contributed by atoms with Gasteiger partial charge in [0, 0.05) is 0 Å². The number of carbonyl (C=O) groups is 1. The topological polar surface area (TPSA) is 59.6 Å². The largest absolute Gasteiger partial charge is 0.495 e. The van der Waals surface area contributed by atoms with Crippen LogP contribution in [0.2, 0.25) is 0 Å². The molecule has 2 N–H and O–H groups in total. The zero-order valence-corrected chi connectivity index (χ0v) is 14.7. The minimum absolute atomic E-state index is 0.316. The molecule has 126 valence electrons. The maximum absolute atomic E-state index is 12.0. The molecule has 24 heavy (non-hydrogen) atoms. The zero-order chi connectivity index (χ0) is 17.5. The number of hydrogen-bond donors (Lipinski definition) is 2. The van der Waals surface area contributed by atoms with Crippen LogP contribution in [0, 0.1) is 6.92 Å². The fourth-order valence-electron chi connectivity index (χ4n) is 2.17. The van der Waals surface area contributed by atoms with E-state index in [1.165, 1.54) is 0 Å². The Morgan fingerprint density at radius 2 is 1.83 bits per heavy atom. The molecule has 2 aromatic rings. The quantitative estimate of drug-likeness (QED) is 0.632. The van der Waals surface area contributed by atoms with Gasteiger partial charge in [-0.25, -0.2) is 4.79 Å². The van der Waals surface area contributed by atoms with E-state index in [-0.39, 0.29) is 0 Å². The lowest BCUT2D eigenvalue weighted by molar-refractivity contribution is 0.0527. The molecule has 0 saturated carbocycles. The molecule has 0 aromatic heterocycles. The van der Waals surface area contributed by atoms with Gasteiger partial charge < -0.3 is 20.1 Å². The van der Waals surface area contributed by atoms with Crippen LogP contribution >= 0.6 is 12.2 Å². The summed E-state index contributed by atoms with van der Waals surface area (Å²) in [4.78, 5) is 12.0. The average molecular weight is 344 g/mol. The number of anilines is 2. The van der Waals surface area contributed by atoms with E-state index in [0.29, 0.717) is 28.7 Å². The third kappa shape index (κ3) is 4.45. The van der Waals surface area contributed by atoms with Crippen molar-refractivity contribution in [2.75, 3.05) is 24.4 Å². The van der Waals surface area contributed by atoms with Crippen LogP contribution in [0.1, 0.15) is 22.8 Å². The molecule has 0 radical (unpaired) electrons. The van der Waals surface area contributed by atoms with E-state index in [4.69, 9.17) is 21.7 Å². The van der Waals surface area contributed by atoms with Crippen molar-refractivity contribution in [1.29, 1.82) is 0 Å². The van der Waals surface area contributed by atoms with E-state index >= 15 is 0 Å². The first-order valence-corrected chi connectivity index (χ1v) is 7.94. The van der Waals surface area contributed by atoms with E-state index in [0.717, 1.165) is 11.3 Å². The van der Waals surface area contributed by atoms with Gasteiger partial charge in [0.25, 0.3) is 0 Å². The zero-order valence-electron chi connectivity index (χ0n) is 13.9. The van der Waals surface area contributed by atoms with Crippen LogP contribution in [0.25, 0.3) is 0 Å². The van der Waals surface area contributed by atoms with Gasteiger partial charge in [0.2, 0.25) is 0 Å². The molecule has 0 bridgehead atoms. The molecule has 0 amide bonds. The van der Waals surface area contributed by atoms with E-state index in [1.807, 2.05) is 31.2 Å². The number of aryl methyl sites for hydroxylation is 1. The van der Waals surface area contributed by atoms with Gasteiger partial charge >= 0.3 is 5.97 Å². The second-order valence-electron chi connectivity index (χ2n) is 5.05. The number of para-hydroxylation sites is 1. The van der Waals surface area contributed by atoms with Gasteiger partial charge in [-0.1, -0.05) is 18.2 Å². The van der Waals surface area contributed by atoms with Crippen molar-refractivity contribution in [2.24, 2.45) is 0 Å². The first-order valence-electron chi connectivity index (χ1n) is 7.54. The number of nitrogens with one attached hydrogen (secondary N) is 2. The summed E-state index contributed by atoms with van der Waals surface area (Å²) >= 11 is 5.35. The Labute approximate surface area is 147 Å². The Bertz CT molecular complexity index is 747. The van der Waals surface area contributed by atoms with Crippen LogP contribution in [0.4, 0.5) is 11.4 Å². The van der Waals surface area contributed by atoms with E-state index in [1.54, 1.807) is 32.2 Å². The van der Waals surface area contributed by atoms with Crippen molar-refractivity contribution < 1.29 is 14.3 Å². The van der Waals surface area contributed by atoms with Crippen molar-refractivity contribution in [3.05, 3.63) is 53.6 Å². The number of thiocarbonyl (C=S) groups is 1. The van der Waals surface area contributed by atoms with Gasteiger partial charge in [-0.15, -0.1) is 0 Å². The van der Waals surface area contributed by atoms with Crippen molar-refractivity contribution in [1.82, 2.24) is 0 Å². The summed E-state index contributed by atoms with van der Waals surface area (Å²) in [6.45, 7) is 4.07. The molecule has 0 unspecified atom stereocenters. The summed E-state index contributed by atoms with van der Waals surface area (Å²) in [5, 5.41) is 6.48. The van der Waals surface area contributed by atoms with Crippen LogP contribution in [-0.4, -0.2) is 24.8 Å². The molecule has 0 saturated heterocycles. The smallest absolute Gasteiger partial charge is 0.340 e. The van der Waals surface area contributed by atoms with E-state index in [9.17, 15) is 4.79 Å². The molecule has 2 rings (SSSR count). The number of ether oxygens (including phenoxy) is 2. The molecular formula is C18H20N2O3S. The molecular weight excluding hydrogens is 324 g/mol. The highest BCUT2D eigenvalue weighted by Crippen LogP contribution is 2.25. The number of rotatable bonds is 5. The molecule has 0 heterocycles. The Balaban J connectivity index is 2.16. The maximum Gasteiger partial charge on any atom is 0.340 e. The average Bonchev–Trinajstić information content (AvgIpc) is 2.55. The molecule has 0 atom stereocenters. The standard InChI is InChI=1S/C18H20N2O3S/c1-4-23-17(21)13-7-5-6-8-14(13)19-18(24)20-15-11-12(2)9-10-16(15)22-3/h5-11H,4H2,1-3H3,(H2,19,20,24). The Hall–Kier alpha value is -2.60. The van der Waals surface area contributed by atoms with Crippen LogP contribution in [-0.2, 0) is 4.74 Å². The second kappa shape index (κ2) is 8.31. The number of hydrogen-bond acceptors (Lipinski definition) is 4. The Morgan fingerprint density at radius 3 is 2.54 bits per heavy atom. The van der Waals surface area contributed by atoms with Crippen LogP contribution < -0.4 is 15.4 Å². The number of benzene rings is 2. The van der Waals surface area contributed by atoms with Crippen molar-refractivity contribution >= 4 is 34.7 Å². The number of methoxy groups -OCH3 is 1. The van der Waals surface area contributed by atoms with Gasteiger partial charge in [-0.2, -0.15) is 0 Å². The summed E-state index contributed by atoms with van der Waals surface area (Å²) in [6, 6.07) is 12.8. The fourth-order valence-corrected chi connectivity index (χ4v) is 2.39. The van der Waals surface area contributed by atoms with E-state index < -0.39 is 5.97 Å². The van der Waals surface area contributed by atoms with Crippen LogP contribution in [0.3, 0.4) is 0 Å². The van der Waals surface area contributed by atoms with Crippen molar-refractivity contribution in [3.63, 3.8) is 0 Å². The molecule has 6 heteroatoms. The number of carbonyl (C=O) groups excluding carboxylic acids is 1. The van der Waals surface area contributed by atoms with Gasteiger partial charge in [-0.3, -0.25) is 0 Å². The highest BCUT2D eigenvalue weighted by Gasteiger charge is 2.13. The van der Waals surface area contributed by atoms with Gasteiger partial charge in [0.1, 0.15) is 5.75 Å². The third-order valence-electron chi connectivity index (χ3n) is 3.27. The van der Waals surface area contributed by atoms with Gasteiger partial charge in [-0.05, 0) is 55.9 Å². The normalized spacial score (nSPS) is 9.96. The Morgan fingerprint density at radius 1 is 1.12 bits per heavy atom. The fraction of sp³-hybridized carbons (Fsp3) is 0.222. The lowest BCUT2D eigenvalue weighted by atomic mass is 10.2. The molecule has 2 aromatic carbocycles. The van der Waals surface area contributed by atoms with Crippen molar-refractivity contribution in [2.45, 2.75) is 13.8 Å². The summed E-state index contributed by atoms with van der Waals surface area (Å²) in [5.74, 6) is 0.292. The third-order valence-corrected chi connectivity index (χ3v) is 3.48. The summed E-state index contributed by atoms with van der Waals surface area (Å²) in [5.41, 5.74) is 2.84. The molecule has 0 aliphatic carbocycles. The highest BCUT2D eigenvalue weighted by atomic mass is 32.1. The van der Waals surface area contributed by atoms with Gasteiger partial charge in [0.05, 0.1) is 30.7 Å². The SMILES string of the molecule is CCOC(=O)c1ccccc1NC(=S)Nc1cc(C)ccc1OC. The molecule has 0 spiro atoms. The minimum Gasteiger partial charge on any atom is -0.495 e. The predicted molar refractivity (Wildman–Crippen MR) is 100.0 cm³/mol. The lowest BCUT2D eigenvalue weighted by Gasteiger charge is -2.15. The minimum atomic E-state index is -0.392. The van der Waals surface area contributed by atoms with E-state index in [2.05, 4.69) is 10.6 Å². The molecule has 5 nitrogen and oxygen atoms in total. The lowest BCUT2D eigenvalue weighted by Crippen LogP contribution is -2.21. The summed E-state index contributed by atoms with van der Waals surface area (Å²) in [7, 11) is 1.60. The predicted octanol–water partition coefficient (Wildman–Crippen LogP) is 3.99. The van der Waals surface area contributed by atoms with Crippen LogP contribution in [0.5, 0.6) is 5.75 Å². The second-order valence-corrected chi connectivity index (χ2v) is 5.46. The van der Waals surface area contributed by atoms with Gasteiger partial charge in [0.15, 0.2) is 5.11 Å². The Kier molecular flexibility index (Phi) is 6.14. The molecule has 0 aliphatic heterocycles. The summed E-state index contributed by atoms with van der Waals surface area (Å²) < 4.78 is 10.4. The van der Waals surface area contributed by atoms with Crippen molar-refractivity contribution in [3.8, 4) is 5.75 Å². The summed E-state index contributed by atoms with van der Waals surface area (Å²) in [6.07, 6.45) is 0. The molecule has 0 fully saturated rings. The first-order chi connectivity index (χ1) is 11.5. The van der Waals surface area contributed by atoms with Crippen LogP contribution in [0.15, 0.2) is 42.5 Å². The maximum atomic E-state index is 12.0. The monoisotopic (exact) mass is 344 g/mol. The number of esters is 1. The molecule has 0 aliphatic rings. The highest BCUT2D eigenvalue weighted by molar-refractivity contribution is 7.80. The first kappa shape index (κ1) is 17.7.